The molecule has 1 aromatic carbocycles. The number of aryl methyl sites for hydroxylation is 2. The van der Waals surface area contributed by atoms with E-state index in [1.54, 1.807) is 6.20 Å². The molecule has 0 aliphatic heterocycles. The molecule has 0 radical (unpaired) electrons. The van der Waals surface area contributed by atoms with Gasteiger partial charge in [0.1, 0.15) is 0 Å². The lowest BCUT2D eigenvalue weighted by Gasteiger charge is -2.08. The molecule has 0 aliphatic rings. The number of rotatable bonds is 1. The summed E-state index contributed by atoms with van der Waals surface area (Å²) in [6.07, 6.45) is 1.64. The summed E-state index contributed by atoms with van der Waals surface area (Å²) in [6, 6.07) is 7.72. The number of aromatic nitrogens is 1. The van der Waals surface area contributed by atoms with Crippen LogP contribution in [0.4, 0.5) is 5.69 Å². The van der Waals surface area contributed by atoms with Crippen LogP contribution in [-0.2, 0) is 0 Å². The molecule has 0 saturated carbocycles. The van der Waals surface area contributed by atoms with Gasteiger partial charge in [-0.2, -0.15) is 0 Å². The lowest BCUT2D eigenvalue weighted by atomic mass is 10.0. The van der Waals surface area contributed by atoms with Gasteiger partial charge in [-0.15, -0.1) is 0 Å². The van der Waals surface area contributed by atoms with Gasteiger partial charge in [-0.25, -0.2) is 0 Å². The molecule has 1 heterocycles. The van der Waals surface area contributed by atoms with Crippen LogP contribution in [0.25, 0.3) is 11.3 Å². The molecule has 3 heteroatoms. The topological polar surface area (TPSA) is 38.9 Å². The van der Waals surface area contributed by atoms with E-state index < -0.39 is 0 Å². The van der Waals surface area contributed by atoms with Crippen molar-refractivity contribution in [3.05, 3.63) is 46.6 Å². The molecule has 0 amide bonds. The van der Waals surface area contributed by atoms with E-state index in [-0.39, 0.29) is 0 Å². The molecule has 2 aromatic rings. The monoisotopic (exact) mass is 232 g/mol. The third kappa shape index (κ3) is 2.02. The van der Waals surface area contributed by atoms with Crippen molar-refractivity contribution >= 4 is 17.3 Å². The third-order valence-corrected chi connectivity index (χ3v) is 2.96. The van der Waals surface area contributed by atoms with E-state index >= 15 is 0 Å². The first-order valence-electron chi connectivity index (χ1n) is 5.06. The van der Waals surface area contributed by atoms with Crippen molar-refractivity contribution in [3.8, 4) is 11.3 Å². The van der Waals surface area contributed by atoms with Crippen LogP contribution in [0.5, 0.6) is 0 Å². The second-order valence-corrected chi connectivity index (χ2v) is 4.30. The highest BCUT2D eigenvalue weighted by atomic mass is 35.5. The predicted octanol–water partition coefficient (Wildman–Crippen LogP) is 3.60. The molecule has 0 fully saturated rings. The van der Waals surface area contributed by atoms with Crippen molar-refractivity contribution in [3.63, 3.8) is 0 Å². The number of nitrogens with two attached hydrogens (primary N) is 1. The third-order valence-electron chi connectivity index (χ3n) is 2.65. The number of halogens is 1. The van der Waals surface area contributed by atoms with Gasteiger partial charge >= 0.3 is 0 Å². The highest BCUT2D eigenvalue weighted by Gasteiger charge is 2.06. The molecule has 0 bridgehead atoms. The van der Waals surface area contributed by atoms with Crippen molar-refractivity contribution in [1.82, 2.24) is 4.98 Å². The summed E-state index contributed by atoms with van der Waals surface area (Å²) in [7, 11) is 0. The van der Waals surface area contributed by atoms with Gasteiger partial charge in [-0.05, 0) is 49.2 Å². The van der Waals surface area contributed by atoms with E-state index in [9.17, 15) is 0 Å². The smallest absolute Gasteiger partial charge is 0.0718 e. The second-order valence-electron chi connectivity index (χ2n) is 3.89. The average molecular weight is 233 g/mol. The van der Waals surface area contributed by atoms with Gasteiger partial charge in [0.15, 0.2) is 0 Å². The zero-order valence-electron chi connectivity index (χ0n) is 9.29. The predicted molar refractivity (Wildman–Crippen MR) is 68.6 cm³/mol. The Bertz CT molecular complexity index is 518. The summed E-state index contributed by atoms with van der Waals surface area (Å²) in [5, 5.41) is 0.723. The summed E-state index contributed by atoms with van der Waals surface area (Å²) in [4.78, 5) is 4.27. The lowest BCUT2D eigenvalue weighted by Crippen LogP contribution is -1.90. The zero-order valence-corrected chi connectivity index (χ0v) is 10.0. The molecule has 0 saturated heterocycles. The van der Waals surface area contributed by atoms with E-state index in [0.717, 1.165) is 16.3 Å². The minimum absolute atomic E-state index is 0.656. The molecule has 2 rings (SSSR count). The normalized spacial score (nSPS) is 10.4. The summed E-state index contributed by atoms with van der Waals surface area (Å²) >= 11 is 6.20. The van der Waals surface area contributed by atoms with Gasteiger partial charge < -0.3 is 5.73 Å². The number of nitrogen functional groups attached to an aromatic ring is 1. The minimum Gasteiger partial charge on any atom is -0.397 e. The fourth-order valence-corrected chi connectivity index (χ4v) is 1.86. The van der Waals surface area contributed by atoms with Crippen LogP contribution in [0, 0.1) is 13.8 Å². The Morgan fingerprint density at radius 2 is 1.81 bits per heavy atom. The Morgan fingerprint density at radius 1 is 1.12 bits per heavy atom. The minimum atomic E-state index is 0.656. The fourth-order valence-electron chi connectivity index (χ4n) is 1.54. The van der Waals surface area contributed by atoms with Gasteiger partial charge in [0, 0.05) is 5.56 Å². The molecule has 2 N–H and O–H groups in total. The van der Waals surface area contributed by atoms with Crippen LogP contribution in [0.15, 0.2) is 30.5 Å². The Hall–Kier alpha value is -1.54. The van der Waals surface area contributed by atoms with Crippen molar-refractivity contribution in [2.75, 3.05) is 5.73 Å². The first kappa shape index (κ1) is 11.0. The molecule has 16 heavy (non-hydrogen) atoms. The largest absolute Gasteiger partial charge is 0.397 e. The van der Waals surface area contributed by atoms with Gasteiger partial charge in [-0.1, -0.05) is 11.6 Å². The van der Waals surface area contributed by atoms with E-state index in [1.807, 2.05) is 25.1 Å². The Balaban J connectivity index is 2.56. The standard InChI is InChI=1S/C13H13ClN2/c1-8-5-11(12(14)6-9(8)2)13-4-3-10(15)7-16-13/h3-7H,15H2,1-2H3. The van der Waals surface area contributed by atoms with E-state index in [1.165, 1.54) is 11.1 Å². The van der Waals surface area contributed by atoms with Crippen molar-refractivity contribution in [2.45, 2.75) is 13.8 Å². The summed E-state index contributed by atoms with van der Waals surface area (Å²) in [5.74, 6) is 0. The van der Waals surface area contributed by atoms with Crippen LogP contribution in [0.2, 0.25) is 5.02 Å². The zero-order chi connectivity index (χ0) is 11.7. The maximum absolute atomic E-state index is 6.20. The van der Waals surface area contributed by atoms with Crippen LogP contribution in [-0.4, -0.2) is 4.98 Å². The quantitative estimate of drug-likeness (QED) is 0.816. The fraction of sp³-hybridized carbons (Fsp3) is 0.154. The molecule has 0 atom stereocenters. The first-order valence-corrected chi connectivity index (χ1v) is 5.44. The molecule has 0 spiro atoms. The Kier molecular flexibility index (Phi) is 2.84. The number of hydrogen-bond donors (Lipinski definition) is 1. The van der Waals surface area contributed by atoms with Gasteiger partial charge in [0.2, 0.25) is 0 Å². The summed E-state index contributed by atoms with van der Waals surface area (Å²) in [5.41, 5.74) is 10.4. The number of hydrogen-bond acceptors (Lipinski definition) is 2. The van der Waals surface area contributed by atoms with E-state index in [2.05, 4.69) is 18.0 Å². The first-order chi connectivity index (χ1) is 7.58. The molecule has 0 unspecified atom stereocenters. The van der Waals surface area contributed by atoms with Gasteiger partial charge in [0.05, 0.1) is 22.6 Å². The van der Waals surface area contributed by atoms with Crippen molar-refractivity contribution in [1.29, 1.82) is 0 Å². The van der Waals surface area contributed by atoms with E-state index in [0.29, 0.717) is 5.69 Å². The van der Waals surface area contributed by atoms with Gasteiger partial charge in [-0.3, -0.25) is 4.98 Å². The molecule has 2 nitrogen and oxygen atoms in total. The number of nitrogens with zero attached hydrogens (tertiary/aromatic N) is 1. The van der Waals surface area contributed by atoms with Crippen LogP contribution in [0.1, 0.15) is 11.1 Å². The Labute approximate surface area is 100 Å². The lowest BCUT2D eigenvalue weighted by molar-refractivity contribution is 1.30. The highest BCUT2D eigenvalue weighted by molar-refractivity contribution is 6.33. The van der Waals surface area contributed by atoms with Crippen molar-refractivity contribution in [2.24, 2.45) is 0 Å². The highest BCUT2D eigenvalue weighted by Crippen LogP contribution is 2.29. The van der Waals surface area contributed by atoms with Crippen LogP contribution in [0.3, 0.4) is 0 Å². The van der Waals surface area contributed by atoms with Crippen LogP contribution < -0.4 is 5.73 Å². The van der Waals surface area contributed by atoms with Gasteiger partial charge in [0.25, 0.3) is 0 Å². The summed E-state index contributed by atoms with van der Waals surface area (Å²) < 4.78 is 0. The molecule has 0 aliphatic carbocycles. The number of benzene rings is 1. The second kappa shape index (κ2) is 4.14. The summed E-state index contributed by atoms with van der Waals surface area (Å²) in [6.45, 7) is 4.11. The Morgan fingerprint density at radius 3 is 2.44 bits per heavy atom. The number of pyridine rings is 1. The SMILES string of the molecule is Cc1cc(Cl)c(-c2ccc(N)cn2)cc1C. The van der Waals surface area contributed by atoms with Crippen molar-refractivity contribution < 1.29 is 0 Å². The maximum atomic E-state index is 6.20. The molecular weight excluding hydrogens is 220 g/mol. The number of anilines is 1. The maximum Gasteiger partial charge on any atom is 0.0718 e. The van der Waals surface area contributed by atoms with E-state index in [4.69, 9.17) is 17.3 Å². The molecule has 82 valence electrons. The average Bonchev–Trinajstić information content (AvgIpc) is 2.25. The molecule has 1 aromatic heterocycles. The van der Waals surface area contributed by atoms with Crippen LogP contribution >= 0.6 is 11.6 Å². The molecular formula is C13H13ClN2.